The lowest BCUT2D eigenvalue weighted by Crippen LogP contribution is -2.37. The fraction of sp³-hybridized carbons (Fsp3) is 0.650. The van der Waals surface area contributed by atoms with Crippen LogP contribution >= 0.6 is 0 Å². The minimum Gasteiger partial charge on any atom is -0.326 e. The second kappa shape index (κ2) is 8.53. The summed E-state index contributed by atoms with van der Waals surface area (Å²) in [5, 5.41) is 2.99. The van der Waals surface area contributed by atoms with Crippen molar-refractivity contribution < 1.29 is 13.2 Å². The van der Waals surface area contributed by atoms with E-state index in [1.54, 1.807) is 4.31 Å². The first-order chi connectivity index (χ1) is 12.5. The number of carbonyl (C=O) groups excluding carboxylic acids is 1. The van der Waals surface area contributed by atoms with Crippen LogP contribution in [0.4, 0.5) is 5.69 Å². The van der Waals surface area contributed by atoms with Crippen molar-refractivity contribution in [3.63, 3.8) is 0 Å². The third-order valence-corrected chi connectivity index (χ3v) is 7.60. The molecule has 1 aliphatic carbocycles. The normalized spacial score (nSPS) is 18.7. The van der Waals surface area contributed by atoms with Crippen LogP contribution < -0.4 is 5.32 Å². The van der Waals surface area contributed by atoms with Crippen LogP contribution in [0.3, 0.4) is 0 Å². The number of fused-ring (bicyclic) bond motifs is 1. The Hall–Kier alpha value is -1.40. The van der Waals surface area contributed by atoms with E-state index >= 15 is 0 Å². The molecule has 0 radical (unpaired) electrons. The zero-order valence-electron chi connectivity index (χ0n) is 15.7. The summed E-state index contributed by atoms with van der Waals surface area (Å²) in [6.07, 6.45) is 8.01. The van der Waals surface area contributed by atoms with E-state index in [4.69, 9.17) is 0 Å². The standard InChI is InChI=1S/C20H30N2O3S/c1-2-13-26(24,25)22-12-11-17-8-9-19(14-18(17)15-22)21-20(23)10-7-16-5-3-4-6-16/h8-9,14,16H,2-7,10-13,15H2,1H3,(H,21,23). The fourth-order valence-corrected chi connectivity index (χ4v) is 5.57. The van der Waals surface area contributed by atoms with Gasteiger partial charge in [-0.15, -0.1) is 0 Å². The van der Waals surface area contributed by atoms with Crippen LogP contribution in [0.5, 0.6) is 0 Å². The van der Waals surface area contributed by atoms with Gasteiger partial charge < -0.3 is 5.32 Å². The van der Waals surface area contributed by atoms with Gasteiger partial charge in [0.15, 0.2) is 0 Å². The number of sulfonamides is 1. The Labute approximate surface area is 157 Å². The van der Waals surface area contributed by atoms with E-state index in [2.05, 4.69) is 5.32 Å². The maximum absolute atomic E-state index is 12.3. The highest BCUT2D eigenvalue weighted by Gasteiger charge is 2.26. The molecule has 1 aromatic rings. The molecule has 0 aromatic heterocycles. The average molecular weight is 379 g/mol. The zero-order chi connectivity index (χ0) is 18.6. The van der Waals surface area contributed by atoms with E-state index in [1.165, 1.54) is 31.2 Å². The minimum atomic E-state index is -3.18. The highest BCUT2D eigenvalue weighted by molar-refractivity contribution is 7.89. The number of anilines is 1. The maximum atomic E-state index is 12.3. The van der Waals surface area contributed by atoms with Crippen LogP contribution in [0.15, 0.2) is 18.2 Å². The predicted octanol–water partition coefficient (Wildman–Crippen LogP) is 3.69. The minimum absolute atomic E-state index is 0.0584. The van der Waals surface area contributed by atoms with E-state index in [0.29, 0.717) is 31.8 Å². The van der Waals surface area contributed by atoms with Gasteiger partial charge in [0.25, 0.3) is 0 Å². The molecule has 6 heteroatoms. The van der Waals surface area contributed by atoms with Gasteiger partial charge in [-0.05, 0) is 48.4 Å². The average Bonchev–Trinajstić information content (AvgIpc) is 3.13. The number of hydrogen-bond acceptors (Lipinski definition) is 3. The number of benzene rings is 1. The molecule has 0 atom stereocenters. The van der Waals surface area contributed by atoms with E-state index in [-0.39, 0.29) is 11.7 Å². The van der Waals surface area contributed by atoms with Gasteiger partial charge >= 0.3 is 0 Å². The monoisotopic (exact) mass is 378 g/mol. The van der Waals surface area contributed by atoms with Crippen LogP contribution in [-0.4, -0.2) is 30.9 Å². The van der Waals surface area contributed by atoms with Gasteiger partial charge in [-0.1, -0.05) is 38.7 Å². The molecule has 2 aliphatic rings. The Morgan fingerprint density at radius 3 is 2.73 bits per heavy atom. The summed E-state index contributed by atoms with van der Waals surface area (Å²) in [5.41, 5.74) is 2.95. The molecule has 1 aromatic carbocycles. The summed E-state index contributed by atoms with van der Waals surface area (Å²) in [6, 6.07) is 5.89. The second-order valence-electron chi connectivity index (χ2n) is 7.62. The van der Waals surface area contributed by atoms with Gasteiger partial charge in [0.1, 0.15) is 0 Å². The lowest BCUT2D eigenvalue weighted by Gasteiger charge is -2.28. The summed E-state index contributed by atoms with van der Waals surface area (Å²) >= 11 is 0. The van der Waals surface area contributed by atoms with E-state index in [1.807, 2.05) is 25.1 Å². The summed E-state index contributed by atoms with van der Waals surface area (Å²) in [5.74, 6) is 0.963. The Morgan fingerprint density at radius 1 is 1.23 bits per heavy atom. The largest absolute Gasteiger partial charge is 0.326 e. The summed E-state index contributed by atoms with van der Waals surface area (Å²) in [6.45, 7) is 2.83. The molecular weight excluding hydrogens is 348 g/mol. The fourth-order valence-electron chi connectivity index (χ4n) is 4.09. The molecule has 5 nitrogen and oxygen atoms in total. The molecule has 1 heterocycles. The smallest absolute Gasteiger partial charge is 0.224 e. The highest BCUT2D eigenvalue weighted by Crippen LogP contribution is 2.29. The highest BCUT2D eigenvalue weighted by atomic mass is 32.2. The third-order valence-electron chi connectivity index (χ3n) is 5.58. The molecule has 0 bridgehead atoms. The van der Waals surface area contributed by atoms with Crippen LogP contribution in [0, 0.1) is 5.92 Å². The molecule has 0 unspecified atom stereocenters. The second-order valence-corrected chi connectivity index (χ2v) is 9.71. The molecule has 1 fully saturated rings. The molecule has 0 spiro atoms. The van der Waals surface area contributed by atoms with Crippen LogP contribution in [0.2, 0.25) is 0 Å². The van der Waals surface area contributed by atoms with Gasteiger partial charge in [-0.2, -0.15) is 4.31 Å². The third kappa shape index (κ3) is 4.86. The topological polar surface area (TPSA) is 66.5 Å². The molecule has 1 aliphatic heterocycles. The van der Waals surface area contributed by atoms with Crippen molar-refractivity contribution in [1.29, 1.82) is 0 Å². The zero-order valence-corrected chi connectivity index (χ0v) is 16.5. The van der Waals surface area contributed by atoms with Crippen molar-refractivity contribution in [1.82, 2.24) is 4.31 Å². The Morgan fingerprint density at radius 2 is 2.00 bits per heavy atom. The van der Waals surface area contributed by atoms with Crippen LogP contribution in [0.25, 0.3) is 0 Å². The maximum Gasteiger partial charge on any atom is 0.224 e. The van der Waals surface area contributed by atoms with Crippen molar-refractivity contribution in [2.45, 2.75) is 64.8 Å². The molecular formula is C20H30N2O3S. The molecule has 1 N–H and O–H groups in total. The number of hydrogen-bond donors (Lipinski definition) is 1. The Kier molecular flexibility index (Phi) is 6.35. The summed E-state index contributed by atoms with van der Waals surface area (Å²) < 4.78 is 26.2. The van der Waals surface area contributed by atoms with Gasteiger partial charge in [0.2, 0.25) is 15.9 Å². The predicted molar refractivity (Wildman–Crippen MR) is 104 cm³/mol. The van der Waals surface area contributed by atoms with Crippen molar-refractivity contribution in [2.75, 3.05) is 17.6 Å². The van der Waals surface area contributed by atoms with Crippen LogP contribution in [-0.2, 0) is 27.8 Å². The molecule has 144 valence electrons. The number of nitrogens with one attached hydrogen (secondary N) is 1. The van der Waals surface area contributed by atoms with Crippen molar-refractivity contribution >= 4 is 21.6 Å². The van der Waals surface area contributed by atoms with Gasteiger partial charge in [0, 0.05) is 25.2 Å². The molecule has 1 saturated carbocycles. The molecule has 3 rings (SSSR count). The first-order valence-corrected chi connectivity index (χ1v) is 11.5. The molecule has 1 amide bonds. The molecule has 26 heavy (non-hydrogen) atoms. The van der Waals surface area contributed by atoms with Crippen molar-refractivity contribution in [3.8, 4) is 0 Å². The number of carbonyl (C=O) groups is 1. The number of rotatable bonds is 7. The summed E-state index contributed by atoms with van der Waals surface area (Å²) in [7, 11) is -3.18. The first kappa shape index (κ1) is 19.4. The van der Waals surface area contributed by atoms with Gasteiger partial charge in [-0.25, -0.2) is 8.42 Å². The summed E-state index contributed by atoms with van der Waals surface area (Å²) in [4.78, 5) is 12.2. The Bertz CT molecular complexity index is 739. The lowest BCUT2D eigenvalue weighted by atomic mass is 10.00. The van der Waals surface area contributed by atoms with Crippen molar-refractivity contribution in [3.05, 3.63) is 29.3 Å². The van der Waals surface area contributed by atoms with E-state index < -0.39 is 10.0 Å². The number of amides is 1. The van der Waals surface area contributed by atoms with Gasteiger partial charge in [-0.3, -0.25) is 4.79 Å². The van der Waals surface area contributed by atoms with E-state index in [9.17, 15) is 13.2 Å². The van der Waals surface area contributed by atoms with Crippen LogP contribution in [0.1, 0.15) is 63.0 Å². The van der Waals surface area contributed by atoms with Crippen molar-refractivity contribution in [2.24, 2.45) is 5.92 Å². The van der Waals surface area contributed by atoms with E-state index in [0.717, 1.165) is 24.1 Å². The quantitative estimate of drug-likeness (QED) is 0.787. The Balaban J connectivity index is 1.60. The SMILES string of the molecule is CCCS(=O)(=O)N1CCc2ccc(NC(=O)CCC3CCCC3)cc2C1. The van der Waals surface area contributed by atoms with Gasteiger partial charge in [0.05, 0.1) is 5.75 Å². The first-order valence-electron chi connectivity index (χ1n) is 9.87. The number of nitrogens with zero attached hydrogens (tertiary/aromatic N) is 1. The molecule has 0 saturated heterocycles. The lowest BCUT2D eigenvalue weighted by molar-refractivity contribution is -0.116.